The predicted octanol–water partition coefficient (Wildman–Crippen LogP) is 4.68. The van der Waals surface area contributed by atoms with Crippen LogP contribution in [0.1, 0.15) is 37.6 Å². The van der Waals surface area contributed by atoms with Gasteiger partial charge >= 0.3 is 0 Å². The van der Waals surface area contributed by atoms with Gasteiger partial charge in [-0.2, -0.15) is 5.10 Å². The molecule has 0 aliphatic heterocycles. The van der Waals surface area contributed by atoms with Crippen LogP contribution in [0.3, 0.4) is 0 Å². The number of halogens is 1. The Morgan fingerprint density at radius 3 is 2.34 bits per heavy atom. The first kappa shape index (κ1) is 23.5. The summed E-state index contributed by atoms with van der Waals surface area (Å²) >= 11 is 5.80. The van der Waals surface area contributed by atoms with Crippen molar-refractivity contribution < 1.29 is 9.59 Å². The smallest absolute Gasteiger partial charge is 0.245 e. The van der Waals surface area contributed by atoms with Crippen LogP contribution in [0.5, 0.6) is 0 Å². The van der Waals surface area contributed by atoms with E-state index in [0.29, 0.717) is 12.4 Å². The average molecular weight is 453 g/mol. The van der Waals surface area contributed by atoms with E-state index in [4.69, 9.17) is 16.7 Å². The standard InChI is InChI=1S/C25H29ClN4O2/c1-18-10-8-9-13-20(18)30-22(14-21(28-30)25(2,3)4)27-23(31)17-29(24(32)15-26)16-19-11-6-5-7-12-19/h5-14H,15-17H2,1-4H3,(H,27,31). The van der Waals surface area contributed by atoms with Crippen LogP contribution in [0.4, 0.5) is 5.82 Å². The van der Waals surface area contributed by atoms with Crippen LogP contribution < -0.4 is 5.32 Å². The topological polar surface area (TPSA) is 67.2 Å². The molecule has 7 heteroatoms. The summed E-state index contributed by atoms with van der Waals surface area (Å²) in [6, 6.07) is 19.3. The molecule has 32 heavy (non-hydrogen) atoms. The maximum atomic E-state index is 13.0. The molecule has 168 valence electrons. The third kappa shape index (κ3) is 5.77. The SMILES string of the molecule is Cc1ccccc1-n1nc(C(C)(C)C)cc1NC(=O)CN(Cc1ccccc1)C(=O)CCl. The zero-order valence-corrected chi connectivity index (χ0v) is 19.7. The number of nitrogens with zero attached hydrogens (tertiary/aromatic N) is 3. The van der Waals surface area contributed by atoms with E-state index in [-0.39, 0.29) is 29.7 Å². The Morgan fingerprint density at radius 1 is 1.06 bits per heavy atom. The van der Waals surface area contributed by atoms with Crippen LogP contribution >= 0.6 is 11.6 Å². The van der Waals surface area contributed by atoms with Gasteiger partial charge in [-0.05, 0) is 24.1 Å². The lowest BCUT2D eigenvalue weighted by Gasteiger charge is -2.21. The summed E-state index contributed by atoms with van der Waals surface area (Å²) in [5.41, 5.74) is 3.51. The molecule has 1 heterocycles. The number of para-hydroxylation sites is 1. The zero-order valence-electron chi connectivity index (χ0n) is 18.9. The highest BCUT2D eigenvalue weighted by Gasteiger charge is 2.23. The Labute approximate surface area is 194 Å². The summed E-state index contributed by atoms with van der Waals surface area (Å²) in [6.45, 7) is 8.42. The second-order valence-electron chi connectivity index (χ2n) is 8.78. The van der Waals surface area contributed by atoms with Crippen LogP contribution in [0.15, 0.2) is 60.7 Å². The number of nitrogens with one attached hydrogen (secondary N) is 1. The van der Waals surface area contributed by atoms with Gasteiger partial charge in [0.2, 0.25) is 11.8 Å². The van der Waals surface area contributed by atoms with Gasteiger partial charge in [-0.25, -0.2) is 4.68 Å². The van der Waals surface area contributed by atoms with Crippen molar-refractivity contribution in [2.45, 2.75) is 39.7 Å². The number of aryl methyl sites for hydroxylation is 1. The van der Waals surface area contributed by atoms with Gasteiger partial charge < -0.3 is 10.2 Å². The van der Waals surface area contributed by atoms with Crippen LogP contribution in [-0.4, -0.2) is 38.9 Å². The molecule has 0 saturated carbocycles. The number of carbonyl (C=O) groups excluding carboxylic acids is 2. The summed E-state index contributed by atoms with van der Waals surface area (Å²) in [5, 5.41) is 7.71. The summed E-state index contributed by atoms with van der Waals surface area (Å²) in [7, 11) is 0. The molecule has 1 aromatic heterocycles. The largest absolute Gasteiger partial charge is 0.328 e. The highest BCUT2D eigenvalue weighted by atomic mass is 35.5. The van der Waals surface area contributed by atoms with E-state index in [1.165, 1.54) is 4.90 Å². The van der Waals surface area contributed by atoms with Crippen LogP contribution in [-0.2, 0) is 21.5 Å². The number of aromatic nitrogens is 2. The number of rotatable bonds is 7. The minimum atomic E-state index is -0.311. The van der Waals surface area contributed by atoms with Crippen molar-refractivity contribution in [3.8, 4) is 5.69 Å². The summed E-state index contributed by atoms with van der Waals surface area (Å²) < 4.78 is 1.75. The van der Waals surface area contributed by atoms with Crippen LogP contribution in [0.25, 0.3) is 5.69 Å². The molecule has 2 aromatic carbocycles. The molecule has 0 atom stereocenters. The number of hydrogen-bond donors (Lipinski definition) is 1. The summed E-state index contributed by atoms with van der Waals surface area (Å²) in [4.78, 5) is 26.8. The fraction of sp³-hybridized carbons (Fsp3) is 0.320. The van der Waals surface area contributed by atoms with E-state index in [0.717, 1.165) is 22.5 Å². The molecule has 0 saturated heterocycles. The molecule has 3 rings (SSSR count). The number of anilines is 1. The Bertz CT molecular complexity index is 1090. The molecule has 0 unspecified atom stereocenters. The highest BCUT2D eigenvalue weighted by molar-refractivity contribution is 6.27. The van der Waals surface area contributed by atoms with E-state index in [9.17, 15) is 9.59 Å². The fourth-order valence-corrected chi connectivity index (χ4v) is 3.47. The van der Waals surface area contributed by atoms with Gasteiger partial charge in [0.1, 0.15) is 18.2 Å². The Balaban J connectivity index is 1.86. The number of amides is 2. The lowest BCUT2D eigenvalue weighted by Crippen LogP contribution is -2.38. The number of hydrogen-bond acceptors (Lipinski definition) is 3. The Morgan fingerprint density at radius 2 is 1.72 bits per heavy atom. The van der Waals surface area contributed by atoms with Crippen molar-refractivity contribution in [2.24, 2.45) is 0 Å². The third-order valence-corrected chi connectivity index (χ3v) is 5.34. The van der Waals surface area contributed by atoms with E-state index >= 15 is 0 Å². The molecule has 1 N–H and O–H groups in total. The quantitative estimate of drug-likeness (QED) is 0.529. The maximum absolute atomic E-state index is 13.0. The van der Waals surface area contributed by atoms with Crippen molar-refractivity contribution in [2.75, 3.05) is 17.7 Å². The molecular formula is C25H29ClN4O2. The molecule has 2 amide bonds. The van der Waals surface area contributed by atoms with Crippen molar-refractivity contribution in [3.05, 3.63) is 77.5 Å². The lowest BCUT2D eigenvalue weighted by atomic mass is 9.92. The third-order valence-electron chi connectivity index (χ3n) is 5.11. The second-order valence-corrected chi connectivity index (χ2v) is 9.05. The molecule has 0 aliphatic carbocycles. The summed E-state index contributed by atoms with van der Waals surface area (Å²) in [6.07, 6.45) is 0. The van der Waals surface area contributed by atoms with Crippen molar-refractivity contribution in [3.63, 3.8) is 0 Å². The van der Waals surface area contributed by atoms with Crippen molar-refractivity contribution >= 4 is 29.2 Å². The molecule has 3 aromatic rings. The zero-order chi connectivity index (χ0) is 23.3. The maximum Gasteiger partial charge on any atom is 0.245 e. The first-order valence-corrected chi connectivity index (χ1v) is 11.1. The number of alkyl halides is 1. The van der Waals surface area contributed by atoms with E-state index in [1.54, 1.807) is 4.68 Å². The molecule has 0 aliphatic rings. The van der Waals surface area contributed by atoms with E-state index in [2.05, 4.69) is 26.1 Å². The minimum absolute atomic E-state index is 0.107. The second kappa shape index (κ2) is 10.0. The van der Waals surface area contributed by atoms with Crippen molar-refractivity contribution in [1.82, 2.24) is 14.7 Å². The average Bonchev–Trinajstić information content (AvgIpc) is 3.17. The van der Waals surface area contributed by atoms with Crippen LogP contribution in [0, 0.1) is 6.92 Å². The Hall–Kier alpha value is -3.12. The molecule has 0 spiro atoms. The van der Waals surface area contributed by atoms with Gasteiger partial charge in [0, 0.05) is 18.0 Å². The fourth-order valence-electron chi connectivity index (χ4n) is 3.30. The first-order chi connectivity index (χ1) is 15.2. The molecule has 0 fully saturated rings. The molecule has 0 bridgehead atoms. The normalized spacial score (nSPS) is 11.3. The van der Waals surface area contributed by atoms with Gasteiger partial charge in [0.15, 0.2) is 0 Å². The van der Waals surface area contributed by atoms with Gasteiger partial charge in [-0.1, -0.05) is 69.3 Å². The summed E-state index contributed by atoms with van der Waals surface area (Å²) in [5.74, 6) is -0.231. The minimum Gasteiger partial charge on any atom is -0.328 e. The van der Waals surface area contributed by atoms with E-state index in [1.807, 2.05) is 67.6 Å². The molecule has 0 radical (unpaired) electrons. The Kier molecular flexibility index (Phi) is 7.36. The highest BCUT2D eigenvalue weighted by Crippen LogP contribution is 2.27. The predicted molar refractivity (Wildman–Crippen MR) is 128 cm³/mol. The van der Waals surface area contributed by atoms with Gasteiger partial charge in [0.25, 0.3) is 0 Å². The van der Waals surface area contributed by atoms with Gasteiger partial charge in [0.05, 0.1) is 11.4 Å². The number of carbonyl (C=O) groups is 2. The molecular weight excluding hydrogens is 424 g/mol. The lowest BCUT2D eigenvalue weighted by molar-refractivity contribution is -0.133. The van der Waals surface area contributed by atoms with E-state index < -0.39 is 0 Å². The monoisotopic (exact) mass is 452 g/mol. The van der Waals surface area contributed by atoms with Gasteiger partial charge in [-0.3, -0.25) is 9.59 Å². The van der Waals surface area contributed by atoms with Crippen molar-refractivity contribution in [1.29, 1.82) is 0 Å². The number of benzene rings is 2. The molecule has 6 nitrogen and oxygen atoms in total. The first-order valence-electron chi connectivity index (χ1n) is 10.5. The van der Waals surface area contributed by atoms with Gasteiger partial charge in [-0.15, -0.1) is 11.6 Å². The van der Waals surface area contributed by atoms with Crippen LogP contribution in [0.2, 0.25) is 0 Å².